The van der Waals surface area contributed by atoms with Crippen molar-refractivity contribution < 1.29 is 32.5 Å². The molecular weight excluding hydrogens is 386 g/mol. The van der Waals surface area contributed by atoms with Gasteiger partial charge in [0.25, 0.3) is 10.0 Å². The van der Waals surface area contributed by atoms with Gasteiger partial charge in [-0.1, -0.05) is 6.92 Å². The molecule has 0 unspecified atom stereocenters. The van der Waals surface area contributed by atoms with Crippen molar-refractivity contribution in [2.75, 3.05) is 24.5 Å². The van der Waals surface area contributed by atoms with Gasteiger partial charge in [-0.25, -0.2) is 13.2 Å². The number of ether oxygens (including phenoxy) is 3. The molecule has 0 saturated carbocycles. The van der Waals surface area contributed by atoms with E-state index in [0.717, 1.165) is 6.42 Å². The van der Waals surface area contributed by atoms with E-state index in [2.05, 4.69) is 4.72 Å². The number of sulfonamides is 1. The van der Waals surface area contributed by atoms with Crippen LogP contribution in [0.1, 0.15) is 30.1 Å². The molecule has 0 atom stereocenters. The molecule has 0 fully saturated rings. The summed E-state index contributed by atoms with van der Waals surface area (Å²) >= 11 is 0. The number of carbonyl (C=O) groups is 1. The van der Waals surface area contributed by atoms with Crippen molar-refractivity contribution in [3.8, 4) is 17.2 Å². The Bertz CT molecular complexity index is 972. The van der Waals surface area contributed by atoms with Gasteiger partial charge in [0.2, 0.25) is 0 Å². The lowest BCUT2D eigenvalue weighted by atomic mass is 10.2. The van der Waals surface area contributed by atoms with Crippen molar-refractivity contribution in [2.24, 2.45) is 0 Å². The van der Waals surface area contributed by atoms with Gasteiger partial charge in [-0.15, -0.1) is 0 Å². The number of hydrogen-bond donors (Lipinski definition) is 2. The van der Waals surface area contributed by atoms with E-state index in [4.69, 9.17) is 14.2 Å². The van der Waals surface area contributed by atoms with Gasteiger partial charge in [-0.3, -0.25) is 4.72 Å². The summed E-state index contributed by atoms with van der Waals surface area (Å²) in [6, 6.07) is 8.36. The predicted octanol–water partition coefficient (Wildman–Crippen LogP) is 3.14. The number of carboxylic acids is 1. The maximum atomic E-state index is 12.9. The molecule has 1 heterocycles. The number of hydrogen-bond acceptors (Lipinski definition) is 6. The Kier molecular flexibility index (Phi) is 5.93. The van der Waals surface area contributed by atoms with E-state index in [1.165, 1.54) is 36.4 Å². The third kappa shape index (κ3) is 4.48. The number of nitrogens with one attached hydrogen (secondary N) is 1. The van der Waals surface area contributed by atoms with Crippen molar-refractivity contribution in [2.45, 2.75) is 24.7 Å². The van der Waals surface area contributed by atoms with Crippen molar-refractivity contribution in [3.63, 3.8) is 0 Å². The quantitative estimate of drug-likeness (QED) is 0.725. The molecule has 0 aliphatic carbocycles. The SMILES string of the molecule is CCCOc1ccc(C(=O)O)cc1NS(=O)(=O)c1ccc2c(c1)OCCCO2. The minimum Gasteiger partial charge on any atom is -0.491 e. The topological polar surface area (TPSA) is 111 Å². The molecule has 2 aromatic rings. The number of benzene rings is 2. The van der Waals surface area contributed by atoms with Crippen molar-refractivity contribution in [3.05, 3.63) is 42.0 Å². The second kappa shape index (κ2) is 8.39. The third-order valence-corrected chi connectivity index (χ3v) is 5.32. The first-order valence-corrected chi connectivity index (χ1v) is 10.3. The van der Waals surface area contributed by atoms with Crippen LogP contribution in [0.15, 0.2) is 41.3 Å². The highest BCUT2D eigenvalue weighted by Crippen LogP contribution is 2.34. The number of anilines is 1. The molecular formula is C19H21NO7S. The van der Waals surface area contributed by atoms with Gasteiger partial charge < -0.3 is 19.3 Å². The van der Waals surface area contributed by atoms with Crippen LogP contribution in [0.25, 0.3) is 0 Å². The Morgan fingerprint density at radius 2 is 1.89 bits per heavy atom. The van der Waals surface area contributed by atoms with Crippen LogP contribution in [0.4, 0.5) is 5.69 Å². The highest BCUT2D eigenvalue weighted by Gasteiger charge is 2.21. The van der Waals surface area contributed by atoms with Crippen LogP contribution in [0, 0.1) is 0 Å². The van der Waals surface area contributed by atoms with Gasteiger partial charge in [0, 0.05) is 12.5 Å². The van der Waals surface area contributed by atoms with Crippen LogP contribution in [-0.2, 0) is 10.0 Å². The van der Waals surface area contributed by atoms with Crippen molar-refractivity contribution in [1.29, 1.82) is 0 Å². The standard InChI is InChI=1S/C19H21NO7S/c1-2-8-25-16-6-4-13(19(21)22)11-15(16)20-28(23,24)14-5-7-17-18(12-14)27-10-3-9-26-17/h4-7,11-12,20H,2-3,8-10H2,1H3,(H,21,22). The average molecular weight is 407 g/mol. The molecule has 9 heteroatoms. The fourth-order valence-electron chi connectivity index (χ4n) is 2.60. The largest absolute Gasteiger partial charge is 0.491 e. The third-order valence-electron chi connectivity index (χ3n) is 3.96. The summed E-state index contributed by atoms with van der Waals surface area (Å²) in [5.74, 6) is -0.0822. The van der Waals surface area contributed by atoms with Crippen LogP contribution >= 0.6 is 0 Å². The van der Waals surface area contributed by atoms with E-state index < -0.39 is 16.0 Å². The second-order valence-electron chi connectivity index (χ2n) is 6.13. The molecule has 0 bridgehead atoms. The summed E-state index contributed by atoms with van der Waals surface area (Å²) in [4.78, 5) is 11.2. The Morgan fingerprint density at radius 3 is 2.61 bits per heavy atom. The highest BCUT2D eigenvalue weighted by atomic mass is 32.2. The Hall–Kier alpha value is -2.94. The lowest BCUT2D eigenvalue weighted by Gasteiger charge is -2.15. The number of fused-ring (bicyclic) bond motifs is 1. The summed E-state index contributed by atoms with van der Waals surface area (Å²) in [5, 5.41) is 9.20. The fraction of sp³-hybridized carbons (Fsp3) is 0.316. The zero-order chi connectivity index (χ0) is 20.1. The summed E-state index contributed by atoms with van der Waals surface area (Å²) in [6.07, 6.45) is 1.42. The molecule has 1 aliphatic rings. The molecule has 0 spiro atoms. The van der Waals surface area contributed by atoms with Crippen LogP contribution in [-0.4, -0.2) is 39.3 Å². The molecule has 1 aliphatic heterocycles. The second-order valence-corrected chi connectivity index (χ2v) is 7.81. The smallest absolute Gasteiger partial charge is 0.335 e. The van der Waals surface area contributed by atoms with E-state index in [9.17, 15) is 18.3 Å². The van der Waals surface area contributed by atoms with Crippen molar-refractivity contribution >= 4 is 21.7 Å². The Balaban J connectivity index is 1.94. The van der Waals surface area contributed by atoms with E-state index in [-0.39, 0.29) is 21.9 Å². The first-order chi connectivity index (χ1) is 13.4. The van der Waals surface area contributed by atoms with E-state index in [1.807, 2.05) is 6.92 Å². The molecule has 150 valence electrons. The van der Waals surface area contributed by atoms with Crippen LogP contribution in [0.3, 0.4) is 0 Å². The van der Waals surface area contributed by atoms with E-state index >= 15 is 0 Å². The first-order valence-electron chi connectivity index (χ1n) is 8.83. The Morgan fingerprint density at radius 1 is 1.14 bits per heavy atom. The summed E-state index contributed by atoms with van der Waals surface area (Å²) in [7, 11) is -4.01. The summed E-state index contributed by atoms with van der Waals surface area (Å²) in [6.45, 7) is 3.20. The van der Waals surface area contributed by atoms with Gasteiger partial charge in [0.1, 0.15) is 5.75 Å². The van der Waals surface area contributed by atoms with E-state index in [0.29, 0.717) is 37.7 Å². The van der Waals surface area contributed by atoms with Gasteiger partial charge in [-0.2, -0.15) is 0 Å². The number of aromatic carboxylic acids is 1. The van der Waals surface area contributed by atoms with Crippen molar-refractivity contribution in [1.82, 2.24) is 0 Å². The molecule has 0 radical (unpaired) electrons. The maximum absolute atomic E-state index is 12.9. The highest BCUT2D eigenvalue weighted by molar-refractivity contribution is 7.92. The Labute approximate surface area is 163 Å². The molecule has 2 aromatic carbocycles. The zero-order valence-electron chi connectivity index (χ0n) is 15.3. The van der Waals surface area contributed by atoms with Crippen LogP contribution in [0.5, 0.6) is 17.2 Å². The minimum atomic E-state index is -4.01. The summed E-state index contributed by atoms with van der Waals surface area (Å²) < 4.78 is 44.8. The van der Waals surface area contributed by atoms with Crippen LogP contribution in [0.2, 0.25) is 0 Å². The van der Waals surface area contributed by atoms with E-state index in [1.54, 1.807) is 0 Å². The fourth-order valence-corrected chi connectivity index (χ4v) is 3.67. The lowest BCUT2D eigenvalue weighted by Crippen LogP contribution is -2.15. The molecule has 0 aromatic heterocycles. The lowest BCUT2D eigenvalue weighted by molar-refractivity contribution is 0.0697. The minimum absolute atomic E-state index is 0.0288. The monoisotopic (exact) mass is 407 g/mol. The molecule has 0 amide bonds. The molecule has 28 heavy (non-hydrogen) atoms. The predicted molar refractivity (Wildman–Crippen MR) is 102 cm³/mol. The number of rotatable bonds is 7. The number of carboxylic acid groups (broad SMARTS) is 1. The first kappa shape index (κ1) is 19.8. The van der Waals surface area contributed by atoms with Gasteiger partial charge in [0.05, 0.1) is 36.0 Å². The molecule has 3 rings (SSSR count). The molecule has 2 N–H and O–H groups in total. The summed E-state index contributed by atoms with van der Waals surface area (Å²) in [5.41, 5.74) is 0.000622. The maximum Gasteiger partial charge on any atom is 0.335 e. The molecule has 8 nitrogen and oxygen atoms in total. The van der Waals surface area contributed by atoms with Gasteiger partial charge >= 0.3 is 5.97 Å². The van der Waals surface area contributed by atoms with Gasteiger partial charge in [0.15, 0.2) is 11.5 Å². The normalized spacial score (nSPS) is 13.5. The van der Waals surface area contributed by atoms with Crippen LogP contribution < -0.4 is 18.9 Å². The average Bonchev–Trinajstić information content (AvgIpc) is 2.91. The molecule has 0 saturated heterocycles. The zero-order valence-corrected chi connectivity index (χ0v) is 16.1. The van der Waals surface area contributed by atoms with Gasteiger partial charge in [-0.05, 0) is 36.8 Å².